The molecule has 1 aromatic heterocycles. The van der Waals surface area contributed by atoms with Crippen molar-refractivity contribution in [2.75, 3.05) is 10.6 Å². The Balaban J connectivity index is 1.81. The summed E-state index contributed by atoms with van der Waals surface area (Å²) >= 11 is 0. The molecule has 0 saturated carbocycles. The highest BCUT2D eigenvalue weighted by Crippen LogP contribution is 2.26. The van der Waals surface area contributed by atoms with Gasteiger partial charge in [0.15, 0.2) is 5.76 Å². The Bertz CT molecular complexity index is 853. The first kappa shape index (κ1) is 16.8. The van der Waals surface area contributed by atoms with Crippen LogP contribution in [0.5, 0.6) is 0 Å². The minimum absolute atomic E-state index is 0.00251. The van der Waals surface area contributed by atoms with Crippen molar-refractivity contribution in [3.63, 3.8) is 0 Å². The van der Waals surface area contributed by atoms with Gasteiger partial charge in [-0.25, -0.2) is 4.79 Å². The van der Waals surface area contributed by atoms with Gasteiger partial charge >= 0.3 is 5.97 Å². The SMILES string of the molecule is CCc1oc(C(=O)Nc2ccc3c(c2)CCCC(=O)N3)cc1C(=O)O. The van der Waals surface area contributed by atoms with Crippen LogP contribution in [0.2, 0.25) is 0 Å². The summed E-state index contributed by atoms with van der Waals surface area (Å²) in [6, 6.07) is 6.47. The fraction of sp³-hybridized carbons (Fsp3) is 0.278. The van der Waals surface area contributed by atoms with E-state index in [9.17, 15) is 14.4 Å². The van der Waals surface area contributed by atoms with Gasteiger partial charge in [0.2, 0.25) is 5.91 Å². The van der Waals surface area contributed by atoms with Gasteiger partial charge in [-0.2, -0.15) is 0 Å². The summed E-state index contributed by atoms with van der Waals surface area (Å²) in [4.78, 5) is 35.1. The minimum Gasteiger partial charge on any atom is -0.478 e. The van der Waals surface area contributed by atoms with Crippen molar-refractivity contribution in [1.82, 2.24) is 0 Å². The highest BCUT2D eigenvalue weighted by molar-refractivity contribution is 6.04. The lowest BCUT2D eigenvalue weighted by molar-refractivity contribution is -0.116. The number of hydrogen-bond donors (Lipinski definition) is 3. The van der Waals surface area contributed by atoms with Gasteiger partial charge in [0.05, 0.1) is 0 Å². The number of fused-ring (bicyclic) bond motifs is 1. The van der Waals surface area contributed by atoms with E-state index >= 15 is 0 Å². The van der Waals surface area contributed by atoms with Gasteiger partial charge < -0.3 is 20.2 Å². The number of carboxylic acids is 1. The van der Waals surface area contributed by atoms with Gasteiger partial charge in [-0.1, -0.05) is 6.92 Å². The number of aromatic carboxylic acids is 1. The second-order valence-electron chi connectivity index (χ2n) is 5.83. The third kappa shape index (κ3) is 3.55. The molecule has 0 atom stereocenters. The molecule has 130 valence electrons. The van der Waals surface area contributed by atoms with Crippen molar-refractivity contribution in [2.24, 2.45) is 0 Å². The molecule has 1 aliphatic rings. The zero-order valence-corrected chi connectivity index (χ0v) is 13.7. The molecule has 0 radical (unpaired) electrons. The smallest absolute Gasteiger partial charge is 0.339 e. The molecule has 1 aromatic carbocycles. The number of nitrogens with one attached hydrogen (secondary N) is 2. The molecule has 2 aromatic rings. The summed E-state index contributed by atoms with van der Waals surface area (Å²) in [7, 11) is 0. The standard InChI is InChI=1S/C18H18N2O5/c1-2-14-12(18(23)24)9-15(25-14)17(22)19-11-6-7-13-10(8-11)4-3-5-16(21)20-13/h6-9H,2-5H2,1H3,(H,19,22)(H,20,21)(H,23,24). The number of hydrogen-bond acceptors (Lipinski definition) is 4. The van der Waals surface area contributed by atoms with Crippen molar-refractivity contribution in [1.29, 1.82) is 0 Å². The molecule has 0 unspecified atom stereocenters. The highest BCUT2D eigenvalue weighted by atomic mass is 16.4. The first-order chi connectivity index (χ1) is 12.0. The number of amides is 2. The zero-order chi connectivity index (χ0) is 18.0. The molecule has 1 aliphatic heterocycles. The van der Waals surface area contributed by atoms with Crippen molar-refractivity contribution in [2.45, 2.75) is 32.6 Å². The van der Waals surface area contributed by atoms with Gasteiger partial charge in [0.1, 0.15) is 11.3 Å². The molecule has 0 spiro atoms. The van der Waals surface area contributed by atoms with E-state index in [1.165, 1.54) is 6.07 Å². The summed E-state index contributed by atoms with van der Waals surface area (Å²) in [6.07, 6.45) is 2.34. The Kier molecular flexibility index (Phi) is 4.56. The normalized spacial score (nSPS) is 13.6. The molecule has 0 fully saturated rings. The average Bonchev–Trinajstić information content (AvgIpc) is 2.93. The maximum Gasteiger partial charge on any atom is 0.339 e. The summed E-state index contributed by atoms with van der Waals surface area (Å²) in [6.45, 7) is 1.76. The van der Waals surface area contributed by atoms with E-state index in [0.717, 1.165) is 24.1 Å². The van der Waals surface area contributed by atoms with Crippen LogP contribution < -0.4 is 10.6 Å². The zero-order valence-electron chi connectivity index (χ0n) is 13.7. The predicted molar refractivity (Wildman–Crippen MR) is 91.0 cm³/mol. The molecule has 3 rings (SSSR count). The first-order valence-electron chi connectivity index (χ1n) is 8.08. The van der Waals surface area contributed by atoms with Crippen molar-refractivity contribution in [3.05, 3.63) is 46.9 Å². The van der Waals surface area contributed by atoms with Gasteiger partial charge in [-0.3, -0.25) is 9.59 Å². The number of anilines is 2. The fourth-order valence-corrected chi connectivity index (χ4v) is 2.83. The number of furan rings is 1. The van der Waals surface area contributed by atoms with Gasteiger partial charge in [-0.05, 0) is 36.6 Å². The van der Waals surface area contributed by atoms with Crippen molar-refractivity contribution < 1.29 is 23.9 Å². The Morgan fingerprint density at radius 2 is 2.08 bits per heavy atom. The number of carboxylic acid groups (broad SMARTS) is 1. The molecule has 0 aliphatic carbocycles. The Labute approximate surface area is 144 Å². The molecule has 2 amide bonds. The van der Waals surface area contributed by atoms with Gasteiger partial charge in [0.25, 0.3) is 5.91 Å². The Morgan fingerprint density at radius 1 is 1.28 bits per heavy atom. The number of benzene rings is 1. The van der Waals surface area contributed by atoms with E-state index in [1.54, 1.807) is 25.1 Å². The van der Waals surface area contributed by atoms with Crippen molar-refractivity contribution in [3.8, 4) is 0 Å². The Morgan fingerprint density at radius 3 is 2.76 bits per heavy atom. The van der Waals surface area contributed by atoms with Crippen LogP contribution in [0.1, 0.15) is 52.0 Å². The van der Waals surface area contributed by atoms with Crippen LogP contribution in [0.3, 0.4) is 0 Å². The van der Waals surface area contributed by atoms with Crippen LogP contribution >= 0.6 is 0 Å². The maximum absolute atomic E-state index is 12.3. The molecule has 3 N–H and O–H groups in total. The highest BCUT2D eigenvalue weighted by Gasteiger charge is 2.20. The van der Waals surface area contributed by atoms with E-state index in [0.29, 0.717) is 18.5 Å². The van der Waals surface area contributed by atoms with E-state index < -0.39 is 11.9 Å². The third-order valence-electron chi connectivity index (χ3n) is 4.07. The lowest BCUT2D eigenvalue weighted by Gasteiger charge is -2.10. The molecular formula is C18H18N2O5. The Hall–Kier alpha value is -3.09. The fourth-order valence-electron chi connectivity index (χ4n) is 2.83. The third-order valence-corrected chi connectivity index (χ3v) is 4.07. The maximum atomic E-state index is 12.3. The van der Waals surface area contributed by atoms with E-state index in [2.05, 4.69) is 10.6 Å². The molecule has 2 heterocycles. The number of carbonyl (C=O) groups is 3. The lowest BCUT2D eigenvalue weighted by atomic mass is 10.1. The van der Waals surface area contributed by atoms with Crippen LogP contribution in [0.15, 0.2) is 28.7 Å². The lowest BCUT2D eigenvalue weighted by Crippen LogP contribution is -2.12. The largest absolute Gasteiger partial charge is 0.478 e. The first-order valence-corrected chi connectivity index (χ1v) is 8.08. The van der Waals surface area contributed by atoms with Crippen LogP contribution in [0.4, 0.5) is 11.4 Å². The number of aryl methyl sites for hydroxylation is 2. The second-order valence-corrected chi connectivity index (χ2v) is 5.83. The predicted octanol–water partition coefficient (Wildman–Crippen LogP) is 3.07. The molecular weight excluding hydrogens is 324 g/mol. The van der Waals surface area contributed by atoms with Crippen molar-refractivity contribution >= 4 is 29.2 Å². The van der Waals surface area contributed by atoms with E-state index in [4.69, 9.17) is 9.52 Å². The summed E-state index contributed by atoms with van der Waals surface area (Å²) in [5.74, 6) is -1.43. The van der Waals surface area contributed by atoms with Gasteiger partial charge in [-0.15, -0.1) is 0 Å². The molecule has 7 heteroatoms. The summed E-state index contributed by atoms with van der Waals surface area (Å²) in [5.41, 5.74) is 2.26. The minimum atomic E-state index is -1.12. The van der Waals surface area contributed by atoms with E-state index in [-0.39, 0.29) is 23.0 Å². The summed E-state index contributed by atoms with van der Waals surface area (Å²) < 4.78 is 5.36. The quantitative estimate of drug-likeness (QED) is 0.791. The number of rotatable bonds is 4. The molecule has 25 heavy (non-hydrogen) atoms. The van der Waals surface area contributed by atoms with Crippen LogP contribution in [-0.2, 0) is 17.6 Å². The van der Waals surface area contributed by atoms with E-state index in [1.807, 2.05) is 0 Å². The number of carbonyl (C=O) groups excluding carboxylic acids is 2. The summed E-state index contributed by atoms with van der Waals surface area (Å²) in [5, 5.41) is 14.7. The monoisotopic (exact) mass is 342 g/mol. The second kappa shape index (κ2) is 6.80. The molecule has 0 saturated heterocycles. The average molecular weight is 342 g/mol. The van der Waals surface area contributed by atoms with Crippen LogP contribution in [0.25, 0.3) is 0 Å². The van der Waals surface area contributed by atoms with Crippen LogP contribution in [0, 0.1) is 0 Å². The molecule has 7 nitrogen and oxygen atoms in total. The molecule has 0 bridgehead atoms. The van der Waals surface area contributed by atoms with Gasteiger partial charge in [0, 0.05) is 30.3 Å². The topological polar surface area (TPSA) is 109 Å². The van der Waals surface area contributed by atoms with Crippen LogP contribution in [-0.4, -0.2) is 22.9 Å².